The summed E-state index contributed by atoms with van der Waals surface area (Å²) in [6.45, 7) is 4.93. The Kier molecular flexibility index (Phi) is 4.86. The van der Waals surface area contributed by atoms with Crippen LogP contribution in [-0.2, 0) is 9.53 Å². The van der Waals surface area contributed by atoms with Gasteiger partial charge in [-0.2, -0.15) is 0 Å². The molecular weight excluding hydrogens is 354 g/mol. The van der Waals surface area contributed by atoms with Crippen LogP contribution in [0.1, 0.15) is 38.3 Å². The van der Waals surface area contributed by atoms with Gasteiger partial charge in [0.25, 0.3) is 5.56 Å². The van der Waals surface area contributed by atoms with Gasteiger partial charge in [-0.15, -0.1) is 0 Å². The lowest BCUT2D eigenvalue weighted by Crippen LogP contribution is -2.38. The van der Waals surface area contributed by atoms with E-state index < -0.39 is 0 Å². The van der Waals surface area contributed by atoms with Gasteiger partial charge in [0.2, 0.25) is 0 Å². The highest BCUT2D eigenvalue weighted by Gasteiger charge is 2.35. The Morgan fingerprint density at radius 2 is 1.93 bits per heavy atom. The molecule has 6 heteroatoms. The van der Waals surface area contributed by atoms with E-state index in [1.54, 1.807) is 17.5 Å². The Balaban J connectivity index is 1.97. The summed E-state index contributed by atoms with van der Waals surface area (Å²) < 4.78 is 6.79. The number of hydrogen-bond acceptors (Lipinski definition) is 5. The van der Waals surface area contributed by atoms with Crippen LogP contribution in [0.3, 0.4) is 0 Å². The SMILES string of the molecule is CCCN1c2nc3ccccn3c(=O)c2-c2ccccc2C1CC(=O)OCC. The number of ether oxygens (including phenoxy) is 1. The Hall–Kier alpha value is -3.15. The fraction of sp³-hybridized carbons (Fsp3) is 0.318. The maximum atomic E-state index is 13.3. The van der Waals surface area contributed by atoms with Crippen molar-refractivity contribution in [3.05, 3.63) is 64.6 Å². The largest absolute Gasteiger partial charge is 0.466 e. The van der Waals surface area contributed by atoms with Gasteiger partial charge in [-0.3, -0.25) is 14.0 Å². The Morgan fingerprint density at radius 3 is 2.71 bits per heavy atom. The number of esters is 1. The molecule has 4 rings (SSSR count). The van der Waals surface area contributed by atoms with Crippen LogP contribution in [0.2, 0.25) is 0 Å². The van der Waals surface area contributed by atoms with Gasteiger partial charge in [0, 0.05) is 12.7 Å². The Bertz CT molecular complexity index is 1090. The number of pyridine rings is 1. The number of fused-ring (bicyclic) bond motifs is 4. The minimum Gasteiger partial charge on any atom is -0.466 e. The summed E-state index contributed by atoms with van der Waals surface area (Å²) in [5.41, 5.74) is 2.90. The average Bonchev–Trinajstić information content (AvgIpc) is 2.70. The van der Waals surface area contributed by atoms with Crippen molar-refractivity contribution in [1.82, 2.24) is 9.38 Å². The molecule has 0 saturated carbocycles. The van der Waals surface area contributed by atoms with E-state index >= 15 is 0 Å². The van der Waals surface area contributed by atoms with Gasteiger partial charge in [-0.1, -0.05) is 37.3 Å². The molecule has 0 amide bonds. The predicted octanol–water partition coefficient (Wildman–Crippen LogP) is 3.59. The summed E-state index contributed by atoms with van der Waals surface area (Å²) in [4.78, 5) is 32.6. The topological polar surface area (TPSA) is 63.9 Å². The van der Waals surface area contributed by atoms with Crippen LogP contribution in [0, 0.1) is 0 Å². The van der Waals surface area contributed by atoms with Crippen LogP contribution >= 0.6 is 0 Å². The monoisotopic (exact) mass is 377 g/mol. The highest BCUT2D eigenvalue weighted by Crippen LogP contribution is 2.43. The molecule has 144 valence electrons. The maximum absolute atomic E-state index is 13.3. The van der Waals surface area contributed by atoms with Gasteiger partial charge in [-0.25, -0.2) is 4.98 Å². The average molecular weight is 377 g/mol. The van der Waals surface area contributed by atoms with Gasteiger partial charge < -0.3 is 9.64 Å². The first-order chi connectivity index (χ1) is 13.7. The zero-order valence-electron chi connectivity index (χ0n) is 16.1. The van der Waals surface area contributed by atoms with Crippen molar-refractivity contribution >= 4 is 17.4 Å². The number of anilines is 1. The molecule has 6 nitrogen and oxygen atoms in total. The molecule has 0 aliphatic carbocycles. The molecule has 0 bridgehead atoms. The minimum absolute atomic E-state index is 0.0938. The Morgan fingerprint density at radius 1 is 1.14 bits per heavy atom. The molecule has 1 aromatic carbocycles. The second-order valence-corrected chi connectivity index (χ2v) is 6.85. The molecule has 1 unspecified atom stereocenters. The van der Waals surface area contributed by atoms with E-state index in [0.717, 1.165) is 17.5 Å². The summed E-state index contributed by atoms with van der Waals surface area (Å²) in [5.74, 6) is 0.399. The van der Waals surface area contributed by atoms with Gasteiger partial charge in [0.1, 0.15) is 11.5 Å². The van der Waals surface area contributed by atoms with E-state index in [-0.39, 0.29) is 24.0 Å². The van der Waals surface area contributed by atoms with E-state index in [0.29, 0.717) is 30.2 Å². The first kappa shape index (κ1) is 18.2. The third kappa shape index (κ3) is 2.95. The van der Waals surface area contributed by atoms with Crippen LogP contribution in [-0.4, -0.2) is 28.5 Å². The molecule has 0 N–H and O–H groups in total. The van der Waals surface area contributed by atoms with Crippen molar-refractivity contribution in [1.29, 1.82) is 0 Å². The predicted molar refractivity (Wildman–Crippen MR) is 109 cm³/mol. The quantitative estimate of drug-likeness (QED) is 0.636. The number of carbonyl (C=O) groups is 1. The van der Waals surface area contributed by atoms with Crippen LogP contribution in [0.4, 0.5) is 5.82 Å². The number of hydrogen-bond donors (Lipinski definition) is 0. The molecule has 1 atom stereocenters. The van der Waals surface area contributed by atoms with E-state index in [1.807, 2.05) is 42.5 Å². The smallest absolute Gasteiger partial charge is 0.308 e. The summed E-state index contributed by atoms with van der Waals surface area (Å²) in [7, 11) is 0. The number of aromatic nitrogens is 2. The zero-order chi connectivity index (χ0) is 19.7. The molecule has 3 aromatic rings. The molecule has 0 fully saturated rings. The third-order valence-electron chi connectivity index (χ3n) is 5.08. The normalized spacial score (nSPS) is 15.2. The van der Waals surface area contributed by atoms with Crippen molar-refractivity contribution in [2.75, 3.05) is 18.1 Å². The highest BCUT2D eigenvalue weighted by molar-refractivity contribution is 5.84. The van der Waals surface area contributed by atoms with Gasteiger partial charge in [0.15, 0.2) is 0 Å². The summed E-state index contributed by atoms with van der Waals surface area (Å²) in [6, 6.07) is 13.1. The first-order valence-corrected chi connectivity index (χ1v) is 9.68. The standard InChI is InChI=1S/C22H23N3O3/c1-3-12-24-17(14-19(26)28-4-2)15-9-5-6-10-16(15)20-21(24)23-18-11-7-8-13-25(18)22(20)27/h5-11,13,17H,3-4,12,14H2,1-2H3. The molecule has 28 heavy (non-hydrogen) atoms. The van der Waals surface area contributed by atoms with Crippen molar-refractivity contribution < 1.29 is 9.53 Å². The van der Waals surface area contributed by atoms with E-state index in [9.17, 15) is 9.59 Å². The third-order valence-corrected chi connectivity index (χ3v) is 5.08. The lowest BCUT2D eigenvalue weighted by molar-refractivity contribution is -0.143. The van der Waals surface area contributed by atoms with Crippen LogP contribution < -0.4 is 10.5 Å². The molecule has 2 aromatic heterocycles. The highest BCUT2D eigenvalue weighted by atomic mass is 16.5. The summed E-state index contributed by atoms with van der Waals surface area (Å²) in [5, 5.41) is 0. The number of carbonyl (C=O) groups excluding carboxylic acids is 1. The lowest BCUT2D eigenvalue weighted by Gasteiger charge is -2.38. The summed E-state index contributed by atoms with van der Waals surface area (Å²) in [6.07, 6.45) is 2.83. The maximum Gasteiger partial charge on any atom is 0.308 e. The van der Waals surface area contributed by atoms with Crippen molar-refractivity contribution in [3.63, 3.8) is 0 Å². The van der Waals surface area contributed by atoms with Crippen LogP contribution in [0.5, 0.6) is 0 Å². The fourth-order valence-electron chi connectivity index (χ4n) is 3.95. The second-order valence-electron chi connectivity index (χ2n) is 6.85. The van der Waals surface area contributed by atoms with Crippen molar-refractivity contribution in [3.8, 4) is 11.1 Å². The van der Waals surface area contributed by atoms with Gasteiger partial charge >= 0.3 is 5.97 Å². The van der Waals surface area contributed by atoms with Crippen molar-refractivity contribution in [2.45, 2.75) is 32.7 Å². The molecule has 0 spiro atoms. The summed E-state index contributed by atoms with van der Waals surface area (Å²) >= 11 is 0. The van der Waals surface area contributed by atoms with Crippen LogP contribution in [0.15, 0.2) is 53.5 Å². The number of nitrogens with zero attached hydrogens (tertiary/aromatic N) is 3. The molecule has 3 heterocycles. The fourth-order valence-corrected chi connectivity index (χ4v) is 3.95. The zero-order valence-corrected chi connectivity index (χ0v) is 16.1. The molecule has 1 aliphatic heterocycles. The van der Waals surface area contributed by atoms with E-state index in [1.165, 1.54) is 0 Å². The minimum atomic E-state index is -0.246. The van der Waals surface area contributed by atoms with Crippen molar-refractivity contribution in [2.24, 2.45) is 0 Å². The number of rotatable bonds is 5. The van der Waals surface area contributed by atoms with E-state index in [2.05, 4.69) is 11.8 Å². The Labute approximate surface area is 163 Å². The first-order valence-electron chi connectivity index (χ1n) is 9.68. The molecule has 0 saturated heterocycles. The molecule has 0 radical (unpaired) electrons. The van der Waals surface area contributed by atoms with E-state index in [4.69, 9.17) is 9.72 Å². The second kappa shape index (κ2) is 7.46. The van der Waals surface area contributed by atoms with Crippen LogP contribution in [0.25, 0.3) is 16.8 Å². The molecular formula is C22H23N3O3. The van der Waals surface area contributed by atoms with Gasteiger partial charge in [-0.05, 0) is 36.6 Å². The molecule has 1 aliphatic rings. The van der Waals surface area contributed by atoms with Gasteiger partial charge in [0.05, 0.1) is 24.6 Å². The number of benzene rings is 1. The lowest BCUT2D eigenvalue weighted by atomic mass is 9.88.